The van der Waals surface area contributed by atoms with Gasteiger partial charge in [-0.2, -0.15) is 4.15 Å². The SMILES string of the molecule is CC1(C)C2CCC1(CS(=O)(=O)N=P(C)(c1ccccc1)C1CCCC1)[C@H](O[Si](C)(C)C(C)(C)C)C2. The van der Waals surface area contributed by atoms with Crippen molar-refractivity contribution in [1.82, 2.24) is 0 Å². The van der Waals surface area contributed by atoms with Gasteiger partial charge in [0, 0.05) is 12.5 Å². The molecular formula is C28H48NO3PSSi. The van der Waals surface area contributed by atoms with Crippen LogP contribution in [0.2, 0.25) is 18.1 Å². The minimum atomic E-state index is -3.64. The van der Waals surface area contributed by atoms with Crippen molar-refractivity contribution in [3.8, 4) is 0 Å². The van der Waals surface area contributed by atoms with E-state index in [1.54, 1.807) is 0 Å². The molecule has 3 unspecified atom stereocenters. The number of rotatable bonds is 7. The Morgan fingerprint density at radius 3 is 2.23 bits per heavy atom. The fourth-order valence-corrected chi connectivity index (χ4v) is 15.6. The second-order valence-electron chi connectivity index (χ2n) is 13.8. The Balaban J connectivity index is 1.75. The lowest BCUT2D eigenvalue weighted by molar-refractivity contribution is 0.0237. The van der Waals surface area contributed by atoms with Crippen molar-refractivity contribution in [2.75, 3.05) is 12.4 Å². The van der Waals surface area contributed by atoms with Gasteiger partial charge in [0.15, 0.2) is 8.32 Å². The summed E-state index contributed by atoms with van der Waals surface area (Å²) in [5.74, 6) is 0.662. The zero-order chi connectivity index (χ0) is 25.9. The second kappa shape index (κ2) is 9.10. The van der Waals surface area contributed by atoms with E-state index in [1.165, 1.54) is 12.8 Å². The molecule has 0 aliphatic heterocycles. The lowest BCUT2D eigenvalue weighted by Crippen LogP contribution is -2.52. The summed E-state index contributed by atoms with van der Waals surface area (Å²) >= 11 is 0. The highest BCUT2D eigenvalue weighted by Crippen LogP contribution is 2.68. The number of benzene rings is 1. The molecule has 0 N–H and O–H groups in total. The van der Waals surface area contributed by atoms with Crippen LogP contribution in [0.15, 0.2) is 34.5 Å². The van der Waals surface area contributed by atoms with Gasteiger partial charge < -0.3 is 4.43 Å². The summed E-state index contributed by atoms with van der Waals surface area (Å²) in [7, 11) is -7.87. The molecule has 3 aliphatic rings. The van der Waals surface area contributed by atoms with Crippen LogP contribution in [0, 0.1) is 16.7 Å². The van der Waals surface area contributed by atoms with E-state index < -0.39 is 25.4 Å². The highest BCUT2D eigenvalue weighted by atomic mass is 32.2. The van der Waals surface area contributed by atoms with Crippen LogP contribution < -0.4 is 5.30 Å². The maximum absolute atomic E-state index is 14.1. The Kier molecular flexibility index (Phi) is 7.18. The van der Waals surface area contributed by atoms with Gasteiger partial charge in [-0.05, 0) is 79.2 Å². The van der Waals surface area contributed by atoms with Gasteiger partial charge >= 0.3 is 0 Å². The molecule has 7 heteroatoms. The molecule has 1 aromatic rings. The molecule has 4 atom stereocenters. The molecule has 35 heavy (non-hydrogen) atoms. The van der Waals surface area contributed by atoms with Crippen molar-refractivity contribution < 1.29 is 12.8 Å². The van der Waals surface area contributed by atoms with Crippen LogP contribution in [-0.2, 0) is 14.4 Å². The number of fused-ring (bicyclic) bond motifs is 2. The molecule has 3 fully saturated rings. The Bertz CT molecular complexity index is 1090. The zero-order valence-electron chi connectivity index (χ0n) is 23.3. The molecular weight excluding hydrogens is 489 g/mol. The monoisotopic (exact) mass is 537 g/mol. The average Bonchev–Trinajstić information content (AvgIpc) is 3.40. The molecule has 0 heterocycles. The predicted octanol–water partition coefficient (Wildman–Crippen LogP) is 7.63. The van der Waals surface area contributed by atoms with E-state index in [4.69, 9.17) is 8.58 Å². The summed E-state index contributed by atoms with van der Waals surface area (Å²) in [4.78, 5) is 0. The molecule has 4 nitrogen and oxygen atoms in total. The smallest absolute Gasteiger partial charge is 0.252 e. The van der Waals surface area contributed by atoms with Crippen LogP contribution in [0.1, 0.15) is 79.6 Å². The van der Waals surface area contributed by atoms with Crippen molar-refractivity contribution in [3.63, 3.8) is 0 Å². The predicted molar refractivity (Wildman–Crippen MR) is 153 cm³/mol. The lowest BCUT2D eigenvalue weighted by Gasteiger charge is -2.47. The summed E-state index contributed by atoms with van der Waals surface area (Å²) in [5, 5.41) is 1.24. The molecule has 0 radical (unpaired) electrons. The van der Waals surface area contributed by atoms with E-state index in [0.29, 0.717) is 11.6 Å². The molecule has 1 aromatic carbocycles. The van der Waals surface area contributed by atoms with E-state index in [0.717, 1.165) is 37.4 Å². The van der Waals surface area contributed by atoms with E-state index in [1.807, 2.05) is 18.2 Å². The third kappa shape index (κ3) is 4.79. The Hall–Kier alpha value is -0.423. The van der Waals surface area contributed by atoms with Crippen LogP contribution in [0.25, 0.3) is 0 Å². The number of nitrogens with zero attached hydrogens (tertiary/aromatic N) is 1. The van der Waals surface area contributed by atoms with Gasteiger partial charge in [-0.25, -0.2) is 8.42 Å². The maximum Gasteiger partial charge on any atom is 0.252 e. The Morgan fingerprint density at radius 1 is 1.09 bits per heavy atom. The van der Waals surface area contributed by atoms with Gasteiger partial charge in [-0.1, -0.05) is 77.8 Å². The minimum absolute atomic E-state index is 0.00918. The third-order valence-corrected chi connectivity index (χ3v) is 21.6. The molecule has 2 bridgehead atoms. The van der Waals surface area contributed by atoms with E-state index in [2.05, 4.69) is 66.5 Å². The van der Waals surface area contributed by atoms with Crippen molar-refractivity contribution in [2.45, 2.75) is 109 Å². The zero-order valence-corrected chi connectivity index (χ0v) is 26.0. The van der Waals surface area contributed by atoms with Crippen LogP contribution >= 0.6 is 7.05 Å². The van der Waals surface area contributed by atoms with Gasteiger partial charge in [0.25, 0.3) is 10.0 Å². The normalized spacial score (nSPS) is 31.0. The fourth-order valence-electron chi connectivity index (χ4n) is 7.11. The van der Waals surface area contributed by atoms with Crippen molar-refractivity contribution in [3.05, 3.63) is 30.3 Å². The molecule has 3 aliphatic carbocycles. The van der Waals surface area contributed by atoms with Gasteiger partial charge in [0.1, 0.15) is 0 Å². The summed E-state index contributed by atoms with van der Waals surface area (Å²) in [6, 6.07) is 10.3. The average molecular weight is 538 g/mol. The molecule has 0 aromatic heterocycles. The lowest BCUT2D eigenvalue weighted by atomic mass is 9.70. The Labute approximate surface area is 216 Å². The first-order valence-electron chi connectivity index (χ1n) is 13.6. The van der Waals surface area contributed by atoms with E-state index >= 15 is 0 Å². The molecule has 3 saturated carbocycles. The van der Waals surface area contributed by atoms with Crippen LogP contribution in [-0.4, -0.2) is 40.9 Å². The van der Waals surface area contributed by atoms with Crippen molar-refractivity contribution in [2.24, 2.45) is 20.9 Å². The van der Waals surface area contributed by atoms with Gasteiger partial charge in [0.2, 0.25) is 0 Å². The van der Waals surface area contributed by atoms with Crippen LogP contribution in [0.4, 0.5) is 0 Å². The van der Waals surface area contributed by atoms with E-state index in [-0.39, 0.29) is 27.7 Å². The quantitative estimate of drug-likeness (QED) is 0.265. The highest BCUT2D eigenvalue weighted by Gasteiger charge is 2.66. The summed E-state index contributed by atoms with van der Waals surface area (Å²) in [6.07, 6.45) is 7.59. The van der Waals surface area contributed by atoms with Crippen molar-refractivity contribution in [1.29, 1.82) is 0 Å². The first-order chi connectivity index (χ1) is 16.0. The summed E-state index contributed by atoms with van der Waals surface area (Å²) in [5.41, 5.74) is -0.0334. The second-order valence-corrected chi connectivity index (χ2v) is 24.0. The molecule has 0 saturated heterocycles. The largest absolute Gasteiger partial charge is 0.413 e. The molecule has 0 amide bonds. The van der Waals surface area contributed by atoms with E-state index in [9.17, 15) is 8.42 Å². The first kappa shape index (κ1) is 27.6. The topological polar surface area (TPSA) is 55.7 Å². The van der Waals surface area contributed by atoms with Gasteiger partial charge in [-0.3, -0.25) is 0 Å². The first-order valence-corrected chi connectivity index (χ1v) is 20.4. The number of hydrogen-bond acceptors (Lipinski definition) is 3. The maximum atomic E-state index is 14.1. The Morgan fingerprint density at radius 2 is 1.69 bits per heavy atom. The minimum Gasteiger partial charge on any atom is -0.413 e. The van der Waals surface area contributed by atoms with Crippen LogP contribution in [0.5, 0.6) is 0 Å². The van der Waals surface area contributed by atoms with Crippen molar-refractivity contribution >= 4 is 30.7 Å². The molecule has 4 rings (SSSR count). The molecule has 198 valence electrons. The summed E-state index contributed by atoms with van der Waals surface area (Å²) in [6.45, 7) is 18.2. The van der Waals surface area contributed by atoms with Gasteiger partial charge in [-0.15, -0.1) is 0 Å². The van der Waals surface area contributed by atoms with Gasteiger partial charge in [0.05, 0.1) is 11.9 Å². The number of sulfonamides is 1. The fraction of sp³-hybridized carbons (Fsp3) is 0.786. The standard InChI is InChI=1S/C28H48NO3PSSi/c1-26(2,3)35(7,8)32-25-20-22-18-19-28(25,27(22,4)5)21-34(30,31)29-33(6,24-16-12-13-17-24)23-14-10-9-11-15-23/h9-11,14-15,22,24-25H,12-13,16-21H2,1-8H3/t22?,25-,28?,33?/m1/s1. The highest BCUT2D eigenvalue weighted by molar-refractivity contribution is 7.95. The summed E-state index contributed by atoms with van der Waals surface area (Å²) < 4.78 is 40.2. The number of hydrogen-bond donors (Lipinski definition) is 0. The van der Waals surface area contributed by atoms with Crippen LogP contribution in [0.3, 0.4) is 0 Å². The molecule has 0 spiro atoms. The third-order valence-electron chi connectivity index (χ3n) is 10.6.